The maximum absolute atomic E-state index is 12.3. The predicted octanol–water partition coefficient (Wildman–Crippen LogP) is 2.75. The average Bonchev–Trinajstić information content (AvgIpc) is 2.73. The van der Waals surface area contributed by atoms with E-state index in [0.717, 1.165) is 25.7 Å². The molecule has 0 aliphatic heterocycles. The number of nitrogens with one attached hydrogen (secondary N) is 1. The zero-order chi connectivity index (χ0) is 15.3. The van der Waals surface area contributed by atoms with Crippen molar-refractivity contribution in [1.82, 2.24) is 5.32 Å². The number of hydrogen-bond donors (Lipinski definition) is 2. The second-order valence-electron chi connectivity index (χ2n) is 5.45. The number of carbonyl (C=O) groups excluding carboxylic acids is 1. The molecule has 0 heterocycles. The minimum atomic E-state index is -0.819. The number of nitrogens with zero attached hydrogens (tertiary/aromatic N) is 1. The molecule has 1 aromatic carbocycles. The van der Waals surface area contributed by atoms with Gasteiger partial charge in [0, 0.05) is 6.07 Å². The number of carbonyl (C=O) groups is 1. The predicted molar refractivity (Wildman–Crippen MR) is 78.2 cm³/mol. The Bertz CT molecular complexity index is 555. The van der Waals surface area contributed by atoms with E-state index in [0.29, 0.717) is 18.6 Å². The molecule has 1 aromatic rings. The Labute approximate surface area is 124 Å². The van der Waals surface area contributed by atoms with Crippen LogP contribution in [0.15, 0.2) is 18.2 Å². The van der Waals surface area contributed by atoms with Crippen molar-refractivity contribution in [2.75, 3.05) is 7.11 Å². The summed E-state index contributed by atoms with van der Waals surface area (Å²) in [5.41, 5.74) is -0.658. The van der Waals surface area contributed by atoms with Crippen molar-refractivity contribution < 1.29 is 14.6 Å². The summed E-state index contributed by atoms with van der Waals surface area (Å²) >= 11 is 0. The summed E-state index contributed by atoms with van der Waals surface area (Å²) < 4.78 is 4.99. The van der Waals surface area contributed by atoms with E-state index in [-0.39, 0.29) is 11.3 Å². The molecule has 21 heavy (non-hydrogen) atoms. The van der Waals surface area contributed by atoms with Gasteiger partial charge in [-0.2, -0.15) is 5.26 Å². The molecule has 0 spiro atoms. The van der Waals surface area contributed by atoms with Crippen LogP contribution in [-0.2, 0) is 0 Å². The van der Waals surface area contributed by atoms with Gasteiger partial charge < -0.3 is 15.2 Å². The highest BCUT2D eigenvalue weighted by atomic mass is 16.5. The fourth-order valence-electron chi connectivity index (χ4n) is 2.71. The van der Waals surface area contributed by atoms with Gasteiger partial charge in [0.25, 0.3) is 5.91 Å². The highest BCUT2D eigenvalue weighted by Gasteiger charge is 2.33. The first-order valence-corrected chi connectivity index (χ1v) is 7.21. The Morgan fingerprint density at radius 1 is 1.33 bits per heavy atom. The van der Waals surface area contributed by atoms with Crippen molar-refractivity contribution in [3.05, 3.63) is 23.8 Å². The third-order valence-electron chi connectivity index (χ3n) is 3.97. The number of ether oxygens (including phenoxy) is 1. The lowest BCUT2D eigenvalue weighted by Gasteiger charge is -2.26. The smallest absolute Gasteiger partial charge is 0.256 e. The van der Waals surface area contributed by atoms with Crippen LogP contribution in [-0.4, -0.2) is 23.7 Å². The molecule has 0 unspecified atom stereocenters. The Balaban J connectivity index is 2.18. The summed E-state index contributed by atoms with van der Waals surface area (Å²) in [6.07, 6.45) is 5.36. The number of benzene rings is 1. The van der Waals surface area contributed by atoms with Crippen molar-refractivity contribution in [2.45, 2.75) is 44.1 Å². The second-order valence-corrected chi connectivity index (χ2v) is 5.45. The molecule has 112 valence electrons. The number of nitriles is 1. The molecule has 5 nitrogen and oxygen atoms in total. The summed E-state index contributed by atoms with van der Waals surface area (Å²) in [7, 11) is 1.49. The highest BCUT2D eigenvalue weighted by Crippen LogP contribution is 2.28. The van der Waals surface area contributed by atoms with Gasteiger partial charge in [-0.05, 0) is 25.0 Å². The lowest BCUT2D eigenvalue weighted by molar-refractivity contribution is 0.0910. The SMILES string of the molecule is COc1ccc(C(=O)NC2(C#N)CCCCCC2)c(O)c1. The summed E-state index contributed by atoms with van der Waals surface area (Å²) in [4.78, 5) is 12.3. The Kier molecular flexibility index (Phi) is 4.69. The third-order valence-corrected chi connectivity index (χ3v) is 3.97. The van der Waals surface area contributed by atoms with Gasteiger partial charge in [0.15, 0.2) is 0 Å². The van der Waals surface area contributed by atoms with Gasteiger partial charge in [-0.1, -0.05) is 25.7 Å². The van der Waals surface area contributed by atoms with Gasteiger partial charge in [-0.3, -0.25) is 4.79 Å². The van der Waals surface area contributed by atoms with Crippen molar-refractivity contribution in [2.24, 2.45) is 0 Å². The molecule has 1 fully saturated rings. The minimum absolute atomic E-state index is 0.145. The molecule has 1 saturated carbocycles. The lowest BCUT2D eigenvalue weighted by Crippen LogP contribution is -2.47. The Morgan fingerprint density at radius 2 is 2.00 bits per heavy atom. The van der Waals surface area contributed by atoms with Gasteiger partial charge in [0.1, 0.15) is 17.0 Å². The van der Waals surface area contributed by atoms with Gasteiger partial charge in [-0.15, -0.1) is 0 Å². The monoisotopic (exact) mass is 288 g/mol. The van der Waals surface area contributed by atoms with Crippen LogP contribution < -0.4 is 10.1 Å². The molecule has 5 heteroatoms. The topological polar surface area (TPSA) is 82.3 Å². The molecule has 1 amide bonds. The molecule has 0 aromatic heterocycles. The largest absolute Gasteiger partial charge is 0.507 e. The first-order valence-electron chi connectivity index (χ1n) is 7.21. The van der Waals surface area contributed by atoms with Crippen molar-refractivity contribution in [3.8, 4) is 17.6 Å². The molecule has 0 atom stereocenters. The van der Waals surface area contributed by atoms with Crippen LogP contribution in [0.25, 0.3) is 0 Å². The minimum Gasteiger partial charge on any atom is -0.507 e. The van der Waals surface area contributed by atoms with Crippen molar-refractivity contribution in [3.63, 3.8) is 0 Å². The van der Waals surface area contributed by atoms with E-state index in [2.05, 4.69) is 11.4 Å². The normalized spacial score (nSPS) is 17.3. The highest BCUT2D eigenvalue weighted by molar-refractivity contribution is 5.97. The zero-order valence-corrected chi connectivity index (χ0v) is 12.2. The van der Waals surface area contributed by atoms with Crippen LogP contribution >= 0.6 is 0 Å². The zero-order valence-electron chi connectivity index (χ0n) is 12.2. The maximum atomic E-state index is 12.3. The third kappa shape index (κ3) is 3.46. The van der Waals surface area contributed by atoms with Gasteiger partial charge in [-0.25, -0.2) is 0 Å². The lowest BCUT2D eigenvalue weighted by atomic mass is 9.91. The second kappa shape index (κ2) is 6.49. The van der Waals surface area contributed by atoms with E-state index in [9.17, 15) is 15.2 Å². The summed E-state index contributed by atoms with van der Waals surface area (Å²) in [6.45, 7) is 0. The van der Waals surface area contributed by atoms with E-state index in [4.69, 9.17) is 4.74 Å². The first kappa shape index (κ1) is 15.2. The number of aromatic hydroxyl groups is 1. The number of phenols is 1. The van der Waals surface area contributed by atoms with Gasteiger partial charge in [0.05, 0.1) is 18.7 Å². The van der Waals surface area contributed by atoms with Crippen LogP contribution in [0.2, 0.25) is 0 Å². The summed E-state index contributed by atoms with van der Waals surface area (Å²) in [5, 5.41) is 22.2. The van der Waals surface area contributed by atoms with Crippen LogP contribution in [0.5, 0.6) is 11.5 Å². The fourth-order valence-corrected chi connectivity index (χ4v) is 2.71. The molecule has 0 saturated heterocycles. The first-order chi connectivity index (χ1) is 10.1. The number of amides is 1. The van der Waals surface area contributed by atoms with Crippen LogP contribution in [0.1, 0.15) is 48.9 Å². The molecule has 2 N–H and O–H groups in total. The van der Waals surface area contributed by atoms with Gasteiger partial charge >= 0.3 is 0 Å². The number of phenolic OH excluding ortho intramolecular Hbond substituents is 1. The molecule has 0 radical (unpaired) electrons. The van der Waals surface area contributed by atoms with E-state index in [1.54, 1.807) is 6.07 Å². The van der Waals surface area contributed by atoms with E-state index >= 15 is 0 Å². The number of hydrogen-bond acceptors (Lipinski definition) is 4. The van der Waals surface area contributed by atoms with Gasteiger partial charge in [0.2, 0.25) is 0 Å². The van der Waals surface area contributed by atoms with E-state index in [1.807, 2.05) is 0 Å². The molecule has 0 bridgehead atoms. The summed E-state index contributed by atoms with van der Waals surface area (Å²) in [6, 6.07) is 6.77. The quantitative estimate of drug-likeness (QED) is 0.838. The number of methoxy groups -OCH3 is 1. The van der Waals surface area contributed by atoms with E-state index < -0.39 is 11.4 Å². The van der Waals surface area contributed by atoms with Crippen LogP contribution in [0, 0.1) is 11.3 Å². The Hall–Kier alpha value is -2.22. The molecule has 1 aliphatic carbocycles. The fraction of sp³-hybridized carbons (Fsp3) is 0.500. The van der Waals surface area contributed by atoms with E-state index in [1.165, 1.54) is 19.2 Å². The van der Waals surface area contributed by atoms with Crippen molar-refractivity contribution in [1.29, 1.82) is 5.26 Å². The molecular formula is C16H20N2O3. The molecule has 2 rings (SSSR count). The standard InChI is InChI=1S/C16H20N2O3/c1-21-12-6-7-13(14(19)10-12)15(20)18-16(11-17)8-4-2-3-5-9-16/h6-7,10,19H,2-5,8-9H2,1H3,(H,18,20). The average molecular weight is 288 g/mol. The Morgan fingerprint density at radius 3 is 2.52 bits per heavy atom. The van der Waals surface area contributed by atoms with Crippen LogP contribution in [0.3, 0.4) is 0 Å². The summed E-state index contributed by atoms with van der Waals surface area (Å²) in [5.74, 6) is -0.0827. The number of rotatable bonds is 3. The van der Waals surface area contributed by atoms with Crippen molar-refractivity contribution >= 4 is 5.91 Å². The molecular weight excluding hydrogens is 268 g/mol. The molecule has 1 aliphatic rings. The van der Waals surface area contributed by atoms with Crippen LogP contribution in [0.4, 0.5) is 0 Å². The maximum Gasteiger partial charge on any atom is 0.256 e.